The summed E-state index contributed by atoms with van der Waals surface area (Å²) in [6.07, 6.45) is 0. The van der Waals surface area contributed by atoms with Crippen molar-refractivity contribution in [1.29, 1.82) is 0 Å². The lowest BCUT2D eigenvalue weighted by Crippen LogP contribution is -2.29. The average molecular weight is 362 g/mol. The highest BCUT2D eigenvalue weighted by atomic mass is 79.9. The molecule has 0 aliphatic carbocycles. The van der Waals surface area contributed by atoms with Gasteiger partial charge in [-0.15, -0.1) is 0 Å². The van der Waals surface area contributed by atoms with E-state index in [0.29, 0.717) is 21.8 Å². The number of hydrogen-bond donors (Lipinski definition) is 1. The van der Waals surface area contributed by atoms with Crippen molar-refractivity contribution in [2.45, 2.75) is 10.9 Å². The maximum absolute atomic E-state index is 12.2. The summed E-state index contributed by atoms with van der Waals surface area (Å²) in [6.45, 7) is 0. The molecule has 0 aliphatic rings. The van der Waals surface area contributed by atoms with Gasteiger partial charge in [-0.3, -0.25) is 4.79 Å². The van der Waals surface area contributed by atoms with Gasteiger partial charge in [0.25, 0.3) is 5.56 Å². The van der Waals surface area contributed by atoms with E-state index >= 15 is 0 Å². The van der Waals surface area contributed by atoms with Crippen molar-refractivity contribution in [3.63, 3.8) is 0 Å². The van der Waals surface area contributed by atoms with E-state index in [1.165, 1.54) is 11.8 Å². The number of fused-ring (bicyclic) bond motifs is 1. The van der Waals surface area contributed by atoms with E-state index in [4.69, 9.17) is 5.84 Å². The number of nitrogens with zero attached hydrogens (tertiary/aromatic N) is 2. The molecule has 2 aromatic carbocycles. The molecule has 0 saturated carbocycles. The molecule has 0 atom stereocenters. The topological polar surface area (TPSA) is 60.9 Å². The van der Waals surface area contributed by atoms with Gasteiger partial charge in [-0.05, 0) is 29.8 Å². The number of para-hydroxylation sites is 1. The maximum Gasteiger partial charge on any atom is 0.280 e. The fourth-order valence-corrected chi connectivity index (χ4v) is 3.09. The van der Waals surface area contributed by atoms with Gasteiger partial charge in [0.05, 0.1) is 10.9 Å². The lowest BCUT2D eigenvalue weighted by molar-refractivity contribution is 0.779. The number of nitrogens with two attached hydrogens (primary N) is 1. The SMILES string of the molecule is Nn1c(SCc2ccc(Br)cc2)nc2ccccc2c1=O. The third kappa shape index (κ3) is 2.96. The summed E-state index contributed by atoms with van der Waals surface area (Å²) in [6, 6.07) is 15.2. The van der Waals surface area contributed by atoms with Crippen LogP contribution in [-0.2, 0) is 5.75 Å². The molecule has 0 radical (unpaired) electrons. The van der Waals surface area contributed by atoms with E-state index in [1.807, 2.05) is 36.4 Å². The Morgan fingerprint density at radius 3 is 2.62 bits per heavy atom. The van der Waals surface area contributed by atoms with Crippen LogP contribution in [0, 0.1) is 0 Å². The molecule has 1 aromatic heterocycles. The van der Waals surface area contributed by atoms with Crippen molar-refractivity contribution in [2.75, 3.05) is 5.84 Å². The Bertz CT molecular complexity index is 846. The number of aromatic nitrogens is 2. The van der Waals surface area contributed by atoms with Gasteiger partial charge in [-0.1, -0.05) is 52.0 Å². The summed E-state index contributed by atoms with van der Waals surface area (Å²) >= 11 is 4.85. The van der Waals surface area contributed by atoms with Gasteiger partial charge < -0.3 is 5.84 Å². The Morgan fingerprint density at radius 1 is 1.14 bits per heavy atom. The van der Waals surface area contributed by atoms with E-state index in [1.54, 1.807) is 12.1 Å². The summed E-state index contributed by atoms with van der Waals surface area (Å²) in [5.74, 6) is 6.55. The third-order valence-electron chi connectivity index (χ3n) is 3.06. The second kappa shape index (κ2) is 5.91. The van der Waals surface area contributed by atoms with Crippen LogP contribution < -0.4 is 11.4 Å². The van der Waals surface area contributed by atoms with Crippen LogP contribution in [0.5, 0.6) is 0 Å². The van der Waals surface area contributed by atoms with Gasteiger partial charge in [0, 0.05) is 10.2 Å². The van der Waals surface area contributed by atoms with Crippen LogP contribution in [-0.4, -0.2) is 9.66 Å². The fraction of sp³-hybridized carbons (Fsp3) is 0.0667. The summed E-state index contributed by atoms with van der Waals surface area (Å²) < 4.78 is 2.15. The van der Waals surface area contributed by atoms with Crippen LogP contribution in [0.1, 0.15) is 5.56 Å². The second-order valence-electron chi connectivity index (χ2n) is 4.50. The van der Waals surface area contributed by atoms with Crippen molar-refractivity contribution in [3.8, 4) is 0 Å². The highest BCUT2D eigenvalue weighted by Crippen LogP contribution is 2.22. The molecule has 0 fully saturated rings. The quantitative estimate of drug-likeness (QED) is 0.442. The normalized spacial score (nSPS) is 10.9. The molecule has 0 bridgehead atoms. The first kappa shape index (κ1) is 14.2. The molecule has 6 heteroatoms. The number of rotatable bonds is 3. The number of hydrogen-bond acceptors (Lipinski definition) is 4. The van der Waals surface area contributed by atoms with Crippen LogP contribution in [0.3, 0.4) is 0 Å². The monoisotopic (exact) mass is 361 g/mol. The van der Waals surface area contributed by atoms with Crippen LogP contribution in [0.4, 0.5) is 0 Å². The Kier molecular flexibility index (Phi) is 3.98. The van der Waals surface area contributed by atoms with Gasteiger partial charge in [0.2, 0.25) is 0 Å². The molecule has 106 valence electrons. The minimum atomic E-state index is -0.223. The van der Waals surface area contributed by atoms with E-state index in [-0.39, 0.29) is 5.56 Å². The van der Waals surface area contributed by atoms with Gasteiger partial charge in [0.15, 0.2) is 5.16 Å². The molecule has 3 rings (SSSR count). The molecule has 0 amide bonds. The van der Waals surface area contributed by atoms with E-state index in [2.05, 4.69) is 20.9 Å². The molecule has 0 spiro atoms. The number of halogens is 1. The molecule has 2 N–H and O–H groups in total. The van der Waals surface area contributed by atoms with Crippen LogP contribution in [0.2, 0.25) is 0 Å². The smallest absolute Gasteiger partial charge is 0.280 e. The predicted octanol–water partition coefficient (Wildman–Crippen LogP) is 3.17. The first-order valence-corrected chi connectivity index (χ1v) is 8.07. The fourth-order valence-electron chi connectivity index (χ4n) is 1.96. The molecule has 0 unspecified atom stereocenters. The first-order valence-electron chi connectivity index (χ1n) is 6.29. The molecule has 3 aromatic rings. The number of thioether (sulfide) groups is 1. The lowest BCUT2D eigenvalue weighted by Gasteiger charge is -2.08. The number of benzene rings is 2. The Labute approximate surface area is 134 Å². The van der Waals surface area contributed by atoms with E-state index in [9.17, 15) is 4.79 Å². The standard InChI is InChI=1S/C15H12BrN3OS/c16-11-7-5-10(6-8-11)9-21-15-18-13-4-2-1-3-12(13)14(20)19(15)17/h1-8H,9,17H2. The summed E-state index contributed by atoms with van der Waals surface area (Å²) in [7, 11) is 0. The van der Waals surface area contributed by atoms with Crippen molar-refractivity contribution < 1.29 is 0 Å². The maximum atomic E-state index is 12.2. The molecular weight excluding hydrogens is 350 g/mol. The summed E-state index contributed by atoms with van der Waals surface area (Å²) in [5.41, 5.74) is 1.59. The van der Waals surface area contributed by atoms with E-state index < -0.39 is 0 Å². The highest BCUT2D eigenvalue weighted by molar-refractivity contribution is 9.10. The van der Waals surface area contributed by atoms with Gasteiger partial charge in [0.1, 0.15) is 0 Å². The zero-order valence-corrected chi connectivity index (χ0v) is 13.4. The lowest BCUT2D eigenvalue weighted by atomic mass is 10.2. The predicted molar refractivity (Wildman–Crippen MR) is 89.9 cm³/mol. The van der Waals surface area contributed by atoms with Gasteiger partial charge >= 0.3 is 0 Å². The summed E-state index contributed by atoms with van der Waals surface area (Å²) in [4.78, 5) is 16.6. The Balaban J connectivity index is 1.92. The van der Waals surface area contributed by atoms with Gasteiger partial charge in [-0.2, -0.15) is 0 Å². The van der Waals surface area contributed by atoms with Crippen molar-refractivity contribution in [2.24, 2.45) is 0 Å². The van der Waals surface area contributed by atoms with Crippen LogP contribution in [0.15, 0.2) is 63.0 Å². The molecule has 21 heavy (non-hydrogen) atoms. The average Bonchev–Trinajstić information content (AvgIpc) is 2.51. The van der Waals surface area contributed by atoms with Crippen molar-refractivity contribution >= 4 is 38.6 Å². The second-order valence-corrected chi connectivity index (χ2v) is 6.36. The highest BCUT2D eigenvalue weighted by Gasteiger charge is 2.09. The molecule has 4 nitrogen and oxygen atoms in total. The van der Waals surface area contributed by atoms with Crippen LogP contribution >= 0.6 is 27.7 Å². The van der Waals surface area contributed by atoms with Gasteiger partial charge in [-0.25, -0.2) is 9.66 Å². The van der Waals surface area contributed by atoms with E-state index in [0.717, 1.165) is 14.7 Å². The minimum Gasteiger partial charge on any atom is -0.334 e. The zero-order valence-electron chi connectivity index (χ0n) is 11.0. The van der Waals surface area contributed by atoms with Crippen molar-refractivity contribution in [1.82, 2.24) is 9.66 Å². The first-order chi connectivity index (χ1) is 10.1. The molecule has 0 aliphatic heterocycles. The molecular formula is C15H12BrN3OS. The Hall–Kier alpha value is -1.79. The van der Waals surface area contributed by atoms with Crippen molar-refractivity contribution in [3.05, 3.63) is 68.9 Å². The molecule has 0 saturated heterocycles. The third-order valence-corrected chi connectivity index (χ3v) is 4.61. The largest absolute Gasteiger partial charge is 0.334 e. The Morgan fingerprint density at radius 2 is 1.86 bits per heavy atom. The minimum absolute atomic E-state index is 0.223. The zero-order chi connectivity index (χ0) is 14.8. The van der Waals surface area contributed by atoms with Crippen LogP contribution in [0.25, 0.3) is 10.9 Å². The number of nitrogen functional groups attached to an aromatic ring is 1. The summed E-state index contributed by atoms with van der Waals surface area (Å²) in [5, 5.41) is 1.05. The molecule has 1 heterocycles.